The van der Waals surface area contributed by atoms with Gasteiger partial charge in [0.25, 0.3) is 5.69 Å². The Kier molecular flexibility index (Phi) is 4.11. The monoisotopic (exact) mass is 282 g/mol. The van der Waals surface area contributed by atoms with Gasteiger partial charge < -0.3 is 5.32 Å². The number of halogens is 1. The molecule has 0 saturated heterocycles. The number of rotatable bonds is 6. The molecule has 5 heteroatoms. The lowest BCUT2D eigenvalue weighted by Crippen LogP contribution is -2.27. The highest BCUT2D eigenvalue weighted by Gasteiger charge is 2.44. The molecule has 1 aliphatic carbocycles. The summed E-state index contributed by atoms with van der Waals surface area (Å²) in [5, 5.41) is 14.8. The maximum Gasteiger partial charge on any atom is 0.273 e. The van der Waals surface area contributed by atoms with E-state index in [2.05, 4.69) is 19.2 Å². The van der Waals surface area contributed by atoms with E-state index in [4.69, 9.17) is 11.6 Å². The molecule has 1 aliphatic rings. The molecule has 0 bridgehead atoms. The Labute approximate surface area is 118 Å². The van der Waals surface area contributed by atoms with E-state index in [0.29, 0.717) is 28.5 Å². The Balaban J connectivity index is 1.99. The lowest BCUT2D eigenvalue weighted by molar-refractivity contribution is -0.385. The molecule has 0 radical (unpaired) electrons. The van der Waals surface area contributed by atoms with E-state index in [-0.39, 0.29) is 10.6 Å². The van der Waals surface area contributed by atoms with Gasteiger partial charge in [-0.3, -0.25) is 10.1 Å². The van der Waals surface area contributed by atoms with Crippen molar-refractivity contribution in [3.8, 4) is 0 Å². The van der Waals surface area contributed by atoms with Crippen LogP contribution in [0.2, 0.25) is 5.02 Å². The lowest BCUT2D eigenvalue weighted by atomic mass is 9.92. The summed E-state index contributed by atoms with van der Waals surface area (Å²) in [5.41, 5.74) is 1.18. The van der Waals surface area contributed by atoms with Crippen LogP contribution >= 0.6 is 11.6 Å². The molecular weight excluding hydrogens is 264 g/mol. The maximum atomic E-state index is 10.9. The Morgan fingerprint density at radius 2 is 2.16 bits per heavy atom. The molecule has 104 valence electrons. The van der Waals surface area contributed by atoms with Gasteiger partial charge in [0.1, 0.15) is 0 Å². The van der Waals surface area contributed by atoms with Crippen LogP contribution in [0.3, 0.4) is 0 Å². The number of nitro benzene ring substituents is 1. The van der Waals surface area contributed by atoms with Crippen LogP contribution < -0.4 is 5.32 Å². The van der Waals surface area contributed by atoms with Gasteiger partial charge in [0, 0.05) is 29.7 Å². The van der Waals surface area contributed by atoms with Crippen LogP contribution in [-0.2, 0) is 6.54 Å². The van der Waals surface area contributed by atoms with Crippen molar-refractivity contribution >= 4 is 17.3 Å². The minimum absolute atomic E-state index is 0.131. The molecule has 0 aliphatic heterocycles. The van der Waals surface area contributed by atoms with Crippen LogP contribution in [0.15, 0.2) is 18.2 Å². The van der Waals surface area contributed by atoms with Gasteiger partial charge in [-0.2, -0.15) is 0 Å². The third kappa shape index (κ3) is 3.25. The quantitative estimate of drug-likeness (QED) is 0.638. The first-order chi connectivity index (χ1) is 8.94. The normalized spacial score (nSPS) is 16.6. The summed E-state index contributed by atoms with van der Waals surface area (Å²) in [6, 6.07) is 4.69. The van der Waals surface area contributed by atoms with E-state index < -0.39 is 0 Å². The SMILES string of the molecule is CC(C)C1(CNCc2cc(Cl)ccc2[N+](=O)[O-])CC1. The van der Waals surface area contributed by atoms with Gasteiger partial charge >= 0.3 is 0 Å². The third-order valence-electron chi connectivity index (χ3n) is 4.15. The van der Waals surface area contributed by atoms with Gasteiger partial charge in [-0.15, -0.1) is 0 Å². The predicted octanol–water partition coefficient (Wildman–Crippen LogP) is 3.77. The van der Waals surface area contributed by atoms with Gasteiger partial charge in [0.05, 0.1) is 4.92 Å². The molecule has 0 atom stereocenters. The number of nitrogens with zero attached hydrogens (tertiary/aromatic N) is 1. The number of hydrogen-bond acceptors (Lipinski definition) is 3. The summed E-state index contributed by atoms with van der Waals surface area (Å²) < 4.78 is 0. The first-order valence-electron chi connectivity index (χ1n) is 6.58. The van der Waals surface area contributed by atoms with Crippen molar-refractivity contribution in [3.05, 3.63) is 38.9 Å². The largest absolute Gasteiger partial charge is 0.312 e. The van der Waals surface area contributed by atoms with E-state index in [1.54, 1.807) is 12.1 Å². The van der Waals surface area contributed by atoms with E-state index in [9.17, 15) is 10.1 Å². The predicted molar refractivity (Wildman–Crippen MR) is 76.3 cm³/mol. The number of nitrogens with one attached hydrogen (secondary N) is 1. The zero-order valence-electron chi connectivity index (χ0n) is 11.3. The van der Waals surface area contributed by atoms with E-state index >= 15 is 0 Å². The number of hydrogen-bond donors (Lipinski definition) is 1. The topological polar surface area (TPSA) is 55.2 Å². The van der Waals surface area contributed by atoms with E-state index in [0.717, 1.165) is 6.54 Å². The number of benzene rings is 1. The molecule has 0 unspecified atom stereocenters. The highest BCUT2D eigenvalue weighted by Crippen LogP contribution is 2.51. The second-order valence-electron chi connectivity index (χ2n) is 5.65. The molecule has 2 rings (SSSR count). The first kappa shape index (κ1) is 14.3. The Morgan fingerprint density at radius 3 is 2.68 bits per heavy atom. The molecule has 1 aromatic rings. The molecule has 0 heterocycles. The fourth-order valence-electron chi connectivity index (χ4n) is 2.44. The van der Waals surface area contributed by atoms with Crippen molar-refractivity contribution in [3.63, 3.8) is 0 Å². The van der Waals surface area contributed by atoms with Crippen molar-refractivity contribution in [2.24, 2.45) is 11.3 Å². The van der Waals surface area contributed by atoms with Gasteiger partial charge in [0.2, 0.25) is 0 Å². The van der Waals surface area contributed by atoms with Crippen LogP contribution in [0.4, 0.5) is 5.69 Å². The average Bonchev–Trinajstić information content (AvgIpc) is 3.10. The molecule has 0 spiro atoms. The Morgan fingerprint density at radius 1 is 1.47 bits per heavy atom. The maximum absolute atomic E-state index is 10.9. The van der Waals surface area contributed by atoms with Gasteiger partial charge in [0.15, 0.2) is 0 Å². The Hall–Kier alpha value is -1.13. The molecule has 1 N–H and O–H groups in total. The fraction of sp³-hybridized carbons (Fsp3) is 0.571. The van der Waals surface area contributed by atoms with Gasteiger partial charge in [-0.05, 0) is 36.3 Å². The summed E-state index contributed by atoms with van der Waals surface area (Å²) in [5.74, 6) is 0.648. The number of nitro groups is 1. The molecule has 1 saturated carbocycles. The molecule has 1 aromatic carbocycles. The molecule has 4 nitrogen and oxygen atoms in total. The van der Waals surface area contributed by atoms with Crippen LogP contribution in [-0.4, -0.2) is 11.5 Å². The van der Waals surface area contributed by atoms with Crippen molar-refractivity contribution < 1.29 is 4.92 Å². The summed E-state index contributed by atoms with van der Waals surface area (Å²) in [4.78, 5) is 10.6. The molecule has 0 aromatic heterocycles. The van der Waals surface area contributed by atoms with Crippen LogP contribution in [0, 0.1) is 21.4 Å². The Bertz CT molecular complexity index is 484. The van der Waals surface area contributed by atoms with E-state index in [1.165, 1.54) is 18.9 Å². The van der Waals surface area contributed by atoms with Gasteiger partial charge in [-0.1, -0.05) is 25.4 Å². The van der Waals surface area contributed by atoms with Crippen LogP contribution in [0.5, 0.6) is 0 Å². The highest BCUT2D eigenvalue weighted by atomic mass is 35.5. The average molecular weight is 283 g/mol. The van der Waals surface area contributed by atoms with E-state index in [1.807, 2.05) is 0 Å². The zero-order chi connectivity index (χ0) is 14.0. The standard InChI is InChI=1S/C14H19ClN2O2/c1-10(2)14(5-6-14)9-16-8-11-7-12(15)3-4-13(11)17(18)19/h3-4,7,10,16H,5-6,8-9H2,1-2H3. The molecular formula is C14H19ClN2O2. The fourth-order valence-corrected chi connectivity index (χ4v) is 2.63. The summed E-state index contributed by atoms with van der Waals surface area (Å²) >= 11 is 5.90. The smallest absolute Gasteiger partial charge is 0.273 e. The zero-order valence-corrected chi connectivity index (χ0v) is 12.0. The van der Waals surface area contributed by atoms with Crippen molar-refractivity contribution in [1.82, 2.24) is 5.32 Å². The minimum Gasteiger partial charge on any atom is -0.312 e. The van der Waals surface area contributed by atoms with Crippen molar-refractivity contribution in [2.45, 2.75) is 33.2 Å². The molecule has 0 amide bonds. The van der Waals surface area contributed by atoms with Crippen LogP contribution in [0.1, 0.15) is 32.3 Å². The van der Waals surface area contributed by atoms with Crippen molar-refractivity contribution in [1.29, 1.82) is 0 Å². The van der Waals surface area contributed by atoms with Crippen molar-refractivity contribution in [2.75, 3.05) is 6.54 Å². The molecule has 1 fully saturated rings. The second-order valence-corrected chi connectivity index (χ2v) is 6.09. The highest BCUT2D eigenvalue weighted by molar-refractivity contribution is 6.30. The second kappa shape index (κ2) is 5.47. The lowest BCUT2D eigenvalue weighted by Gasteiger charge is -2.20. The molecule has 19 heavy (non-hydrogen) atoms. The van der Waals surface area contributed by atoms with Gasteiger partial charge in [-0.25, -0.2) is 0 Å². The minimum atomic E-state index is -0.358. The summed E-state index contributed by atoms with van der Waals surface area (Å²) in [6.07, 6.45) is 2.49. The van der Waals surface area contributed by atoms with Crippen LogP contribution in [0.25, 0.3) is 0 Å². The third-order valence-corrected chi connectivity index (χ3v) is 4.38. The summed E-state index contributed by atoms with van der Waals surface area (Å²) in [7, 11) is 0. The summed E-state index contributed by atoms with van der Waals surface area (Å²) in [6.45, 7) is 5.87. The first-order valence-corrected chi connectivity index (χ1v) is 6.96.